The molecule has 0 aromatic rings. The van der Waals surface area contributed by atoms with Gasteiger partial charge in [0.05, 0.1) is 24.9 Å². The molecule has 138 valence electrons. The van der Waals surface area contributed by atoms with Crippen molar-refractivity contribution >= 4 is 5.78 Å². The zero-order valence-corrected chi connectivity index (χ0v) is 15.7. The highest BCUT2D eigenvalue weighted by Crippen LogP contribution is 2.31. The van der Waals surface area contributed by atoms with Crippen LogP contribution in [0.4, 0.5) is 0 Å². The fraction of sp³-hybridized carbons (Fsp3) is 0.750. The number of aliphatic hydroxyl groups is 2. The molecule has 1 aliphatic heterocycles. The molecule has 4 heteroatoms. The Bertz CT molecular complexity index is 462. The summed E-state index contributed by atoms with van der Waals surface area (Å²) < 4.78 is 5.97. The molecule has 1 aliphatic rings. The first-order chi connectivity index (χ1) is 11.3. The molecule has 0 unspecified atom stereocenters. The van der Waals surface area contributed by atoms with Gasteiger partial charge in [0, 0.05) is 12.3 Å². The largest absolute Gasteiger partial charge is 0.392 e. The van der Waals surface area contributed by atoms with Crippen LogP contribution in [-0.4, -0.2) is 40.9 Å². The minimum absolute atomic E-state index is 0.0107. The zero-order valence-electron chi connectivity index (χ0n) is 15.7. The van der Waals surface area contributed by atoms with E-state index >= 15 is 0 Å². The van der Waals surface area contributed by atoms with E-state index < -0.39 is 11.7 Å². The minimum Gasteiger partial charge on any atom is -0.392 e. The fourth-order valence-corrected chi connectivity index (χ4v) is 3.01. The van der Waals surface area contributed by atoms with Crippen molar-refractivity contribution in [2.45, 2.75) is 77.9 Å². The zero-order chi connectivity index (χ0) is 18.2. The first kappa shape index (κ1) is 21.1. The van der Waals surface area contributed by atoms with Gasteiger partial charge in [0.15, 0.2) is 0 Å². The van der Waals surface area contributed by atoms with Crippen LogP contribution in [0.5, 0.6) is 0 Å². The number of ether oxygens (including phenoxy) is 1. The number of allylic oxidation sites excluding steroid dienone is 2. The third-order valence-electron chi connectivity index (χ3n) is 4.98. The Morgan fingerprint density at radius 3 is 2.79 bits per heavy atom. The molecule has 0 bridgehead atoms. The predicted molar refractivity (Wildman–Crippen MR) is 96.8 cm³/mol. The van der Waals surface area contributed by atoms with Crippen LogP contribution in [0.25, 0.3) is 0 Å². The smallest absolute Gasteiger partial charge is 0.139 e. The van der Waals surface area contributed by atoms with Gasteiger partial charge in [0.25, 0.3) is 0 Å². The van der Waals surface area contributed by atoms with Crippen molar-refractivity contribution in [1.29, 1.82) is 0 Å². The molecule has 0 aliphatic carbocycles. The van der Waals surface area contributed by atoms with Crippen LogP contribution in [0, 0.1) is 5.92 Å². The number of Topliss-reactive ketones (excluding diaryl/α,β-unsaturated/α-hetero) is 1. The average molecular weight is 338 g/mol. The molecule has 0 amide bonds. The number of aliphatic hydroxyl groups excluding tert-OH is 2. The molecule has 1 saturated heterocycles. The van der Waals surface area contributed by atoms with Crippen LogP contribution in [0.2, 0.25) is 0 Å². The SMILES string of the molecule is CC(C)=CCC(=O)[C@@H](C)CCC[C@]1(C)OC/C(=C\CO)CC[C@H]1O. The molecule has 1 fully saturated rings. The lowest BCUT2D eigenvalue weighted by Gasteiger charge is -2.33. The van der Waals surface area contributed by atoms with Crippen molar-refractivity contribution in [3.63, 3.8) is 0 Å². The second kappa shape index (κ2) is 10.1. The van der Waals surface area contributed by atoms with Crippen LogP contribution in [0.3, 0.4) is 0 Å². The first-order valence-electron chi connectivity index (χ1n) is 9.05. The lowest BCUT2D eigenvalue weighted by atomic mass is 9.87. The van der Waals surface area contributed by atoms with Gasteiger partial charge in [-0.3, -0.25) is 4.79 Å². The Labute approximate surface area is 146 Å². The van der Waals surface area contributed by atoms with Gasteiger partial charge < -0.3 is 14.9 Å². The summed E-state index contributed by atoms with van der Waals surface area (Å²) in [5, 5.41) is 19.4. The van der Waals surface area contributed by atoms with Crippen molar-refractivity contribution < 1.29 is 19.7 Å². The van der Waals surface area contributed by atoms with Gasteiger partial charge in [-0.1, -0.05) is 24.6 Å². The summed E-state index contributed by atoms with van der Waals surface area (Å²) in [6, 6.07) is 0. The maximum atomic E-state index is 12.1. The maximum Gasteiger partial charge on any atom is 0.139 e. The minimum atomic E-state index is -0.576. The van der Waals surface area contributed by atoms with Gasteiger partial charge >= 0.3 is 0 Å². The number of rotatable bonds is 8. The summed E-state index contributed by atoms with van der Waals surface area (Å²) in [5.74, 6) is 0.314. The second-order valence-corrected chi connectivity index (χ2v) is 7.45. The van der Waals surface area contributed by atoms with Crippen LogP contribution in [0.1, 0.15) is 66.2 Å². The lowest BCUT2D eigenvalue weighted by Crippen LogP contribution is -2.41. The van der Waals surface area contributed by atoms with Gasteiger partial charge in [-0.25, -0.2) is 0 Å². The Hall–Kier alpha value is -0.970. The number of hydrogen-bond donors (Lipinski definition) is 2. The molecule has 24 heavy (non-hydrogen) atoms. The molecule has 0 aromatic carbocycles. The van der Waals surface area contributed by atoms with E-state index in [1.54, 1.807) is 6.08 Å². The summed E-state index contributed by atoms with van der Waals surface area (Å²) in [6.07, 6.45) is 7.56. The molecular formula is C20H34O4. The van der Waals surface area contributed by atoms with Gasteiger partial charge in [-0.2, -0.15) is 0 Å². The third-order valence-corrected chi connectivity index (χ3v) is 4.98. The molecule has 1 heterocycles. The van der Waals surface area contributed by atoms with E-state index in [-0.39, 0.29) is 18.3 Å². The highest BCUT2D eigenvalue weighted by Gasteiger charge is 2.35. The van der Waals surface area contributed by atoms with E-state index in [2.05, 4.69) is 0 Å². The number of ketones is 1. The van der Waals surface area contributed by atoms with Gasteiger partial charge in [-0.05, 0) is 58.4 Å². The van der Waals surface area contributed by atoms with E-state index in [4.69, 9.17) is 9.84 Å². The quantitative estimate of drug-likeness (QED) is 0.664. The molecule has 4 nitrogen and oxygen atoms in total. The summed E-state index contributed by atoms with van der Waals surface area (Å²) in [6.45, 7) is 8.41. The van der Waals surface area contributed by atoms with Gasteiger partial charge in [0.1, 0.15) is 5.78 Å². The lowest BCUT2D eigenvalue weighted by molar-refractivity contribution is -0.122. The standard InChI is InChI=1S/C20H34O4/c1-15(2)7-9-18(22)16(3)6-5-12-20(4)19(23)10-8-17(11-13-21)14-24-20/h7,11,16,19,21,23H,5-6,8-10,12-14H2,1-4H3/b17-11-/t16-,19+,20-/m0/s1. The maximum absolute atomic E-state index is 12.1. The number of carbonyl (C=O) groups is 1. The first-order valence-corrected chi connectivity index (χ1v) is 9.05. The summed E-state index contributed by atoms with van der Waals surface area (Å²) in [4.78, 5) is 12.1. The molecule has 3 atom stereocenters. The molecule has 1 rings (SSSR count). The average Bonchev–Trinajstić information content (AvgIpc) is 2.66. The molecular weight excluding hydrogens is 304 g/mol. The molecule has 0 saturated carbocycles. The van der Waals surface area contributed by atoms with E-state index in [9.17, 15) is 9.90 Å². The Balaban J connectivity index is 2.48. The monoisotopic (exact) mass is 338 g/mol. The highest BCUT2D eigenvalue weighted by molar-refractivity contribution is 5.82. The molecule has 0 aromatic heterocycles. The van der Waals surface area contributed by atoms with Gasteiger partial charge in [0.2, 0.25) is 0 Å². The Morgan fingerprint density at radius 2 is 2.17 bits per heavy atom. The summed E-state index contributed by atoms with van der Waals surface area (Å²) in [7, 11) is 0. The van der Waals surface area contributed by atoms with Crippen molar-refractivity contribution in [3.05, 3.63) is 23.3 Å². The van der Waals surface area contributed by atoms with Crippen molar-refractivity contribution in [2.24, 2.45) is 5.92 Å². The van der Waals surface area contributed by atoms with Crippen LogP contribution < -0.4 is 0 Å². The number of hydrogen-bond acceptors (Lipinski definition) is 4. The second-order valence-electron chi connectivity index (χ2n) is 7.45. The Morgan fingerprint density at radius 1 is 1.46 bits per heavy atom. The molecule has 0 spiro atoms. The van der Waals surface area contributed by atoms with Crippen LogP contribution in [-0.2, 0) is 9.53 Å². The molecule has 2 N–H and O–H groups in total. The van der Waals surface area contributed by atoms with E-state index in [0.29, 0.717) is 19.4 Å². The normalized spacial score (nSPS) is 27.6. The molecule has 0 radical (unpaired) electrons. The van der Waals surface area contributed by atoms with E-state index in [1.807, 2.05) is 33.8 Å². The Kier molecular flexibility index (Phi) is 8.88. The predicted octanol–water partition coefficient (Wildman–Crippen LogP) is 3.57. The van der Waals surface area contributed by atoms with E-state index in [1.165, 1.54) is 5.57 Å². The number of carbonyl (C=O) groups excluding carboxylic acids is 1. The summed E-state index contributed by atoms with van der Waals surface area (Å²) >= 11 is 0. The van der Waals surface area contributed by atoms with Crippen LogP contribution in [0.15, 0.2) is 23.3 Å². The topological polar surface area (TPSA) is 66.8 Å². The fourth-order valence-electron chi connectivity index (χ4n) is 3.01. The van der Waals surface area contributed by atoms with Gasteiger partial charge in [-0.15, -0.1) is 0 Å². The third kappa shape index (κ3) is 6.88. The van der Waals surface area contributed by atoms with Crippen LogP contribution >= 0.6 is 0 Å². The van der Waals surface area contributed by atoms with Crippen molar-refractivity contribution in [2.75, 3.05) is 13.2 Å². The summed E-state index contributed by atoms with van der Waals surface area (Å²) in [5.41, 5.74) is 1.64. The highest BCUT2D eigenvalue weighted by atomic mass is 16.5. The van der Waals surface area contributed by atoms with E-state index in [0.717, 1.165) is 31.3 Å². The van der Waals surface area contributed by atoms with Crippen molar-refractivity contribution in [3.8, 4) is 0 Å². The van der Waals surface area contributed by atoms with Crippen molar-refractivity contribution in [1.82, 2.24) is 0 Å².